The molecule has 112 valence electrons. The molecule has 0 aromatic heterocycles. The molecule has 1 aliphatic rings. The maximum Gasteiger partial charge on any atom is 0.114 e. The first-order valence-corrected chi connectivity index (χ1v) is 7.01. The minimum atomic E-state index is -1.03. The molecule has 0 unspecified atom stereocenters. The molecule has 0 radical (unpaired) electrons. The first kappa shape index (κ1) is 16.6. The van der Waals surface area contributed by atoms with Crippen molar-refractivity contribution < 1.29 is 24.8 Å². The van der Waals surface area contributed by atoms with E-state index in [-0.39, 0.29) is 13.2 Å². The minimum Gasteiger partial charge on any atom is -0.388 e. The molecule has 1 heterocycles. The van der Waals surface area contributed by atoms with Crippen LogP contribution in [-0.4, -0.2) is 59.6 Å². The van der Waals surface area contributed by atoms with Gasteiger partial charge in [-0.05, 0) is 26.2 Å². The minimum absolute atomic E-state index is 0.0633. The quantitative estimate of drug-likeness (QED) is 0.424. The molecule has 4 atom stereocenters. The average Bonchev–Trinajstić information content (AvgIpc) is 2.73. The molecule has 19 heavy (non-hydrogen) atoms. The van der Waals surface area contributed by atoms with Crippen molar-refractivity contribution in [2.24, 2.45) is 0 Å². The standard InChI is InChI=1S/C14H26O5/c1-2-3-4-5-6-7-8-18-9-12(16)14-13(17)11(15)10-19-14/h2-3,11-17H,4-10H2,1H3/b3-2+/t11-,12+,13+,14+/m1/s1. The summed E-state index contributed by atoms with van der Waals surface area (Å²) in [5.41, 5.74) is 0. The van der Waals surface area contributed by atoms with Gasteiger partial charge in [0.1, 0.15) is 24.4 Å². The maximum atomic E-state index is 9.78. The predicted octanol–water partition coefficient (Wildman–Crippen LogP) is 0.621. The number of ether oxygens (including phenoxy) is 2. The third kappa shape index (κ3) is 6.01. The Labute approximate surface area is 114 Å². The Morgan fingerprint density at radius 3 is 2.74 bits per heavy atom. The van der Waals surface area contributed by atoms with Gasteiger partial charge < -0.3 is 24.8 Å². The Bertz CT molecular complexity index is 256. The normalized spacial score (nSPS) is 29.2. The van der Waals surface area contributed by atoms with E-state index in [2.05, 4.69) is 6.08 Å². The molecule has 0 aromatic rings. The van der Waals surface area contributed by atoms with Gasteiger partial charge in [-0.1, -0.05) is 18.6 Å². The van der Waals surface area contributed by atoms with Crippen molar-refractivity contribution in [3.63, 3.8) is 0 Å². The lowest BCUT2D eigenvalue weighted by molar-refractivity contribution is -0.0813. The molecular formula is C14H26O5. The zero-order valence-electron chi connectivity index (χ0n) is 11.6. The van der Waals surface area contributed by atoms with Gasteiger partial charge in [0.2, 0.25) is 0 Å². The van der Waals surface area contributed by atoms with Crippen LogP contribution in [0.3, 0.4) is 0 Å². The number of unbranched alkanes of at least 4 members (excludes halogenated alkanes) is 3. The Kier molecular flexibility index (Phi) is 8.25. The molecule has 5 heteroatoms. The number of hydrogen-bond donors (Lipinski definition) is 3. The number of aliphatic hydroxyl groups excluding tert-OH is 3. The van der Waals surface area contributed by atoms with E-state index in [0.717, 1.165) is 25.7 Å². The van der Waals surface area contributed by atoms with E-state index in [0.29, 0.717) is 6.61 Å². The van der Waals surface area contributed by atoms with Gasteiger partial charge in [-0.25, -0.2) is 0 Å². The molecule has 0 saturated carbocycles. The van der Waals surface area contributed by atoms with Crippen molar-refractivity contribution in [2.75, 3.05) is 19.8 Å². The predicted molar refractivity (Wildman–Crippen MR) is 71.9 cm³/mol. The highest BCUT2D eigenvalue weighted by Crippen LogP contribution is 2.17. The second-order valence-corrected chi connectivity index (χ2v) is 4.92. The molecule has 1 aliphatic heterocycles. The molecule has 0 amide bonds. The molecule has 5 nitrogen and oxygen atoms in total. The molecule has 0 aliphatic carbocycles. The van der Waals surface area contributed by atoms with Crippen LogP contribution in [0.15, 0.2) is 12.2 Å². The fourth-order valence-electron chi connectivity index (χ4n) is 2.07. The number of allylic oxidation sites excluding steroid dienone is 2. The van der Waals surface area contributed by atoms with Gasteiger partial charge in [0.15, 0.2) is 0 Å². The van der Waals surface area contributed by atoms with Crippen molar-refractivity contribution in [3.8, 4) is 0 Å². The van der Waals surface area contributed by atoms with Gasteiger partial charge in [-0.15, -0.1) is 0 Å². The van der Waals surface area contributed by atoms with Gasteiger partial charge in [-0.3, -0.25) is 0 Å². The summed E-state index contributed by atoms with van der Waals surface area (Å²) < 4.78 is 10.5. The Hall–Kier alpha value is -0.460. The summed E-state index contributed by atoms with van der Waals surface area (Å²) in [6.45, 7) is 2.80. The van der Waals surface area contributed by atoms with E-state index in [1.807, 2.05) is 13.0 Å². The molecule has 1 rings (SSSR count). The van der Waals surface area contributed by atoms with Gasteiger partial charge in [0, 0.05) is 6.61 Å². The Morgan fingerprint density at radius 1 is 1.32 bits per heavy atom. The highest BCUT2D eigenvalue weighted by molar-refractivity contribution is 4.87. The molecule has 0 spiro atoms. The van der Waals surface area contributed by atoms with Crippen LogP contribution in [0, 0.1) is 0 Å². The number of hydrogen-bond acceptors (Lipinski definition) is 5. The summed E-state index contributed by atoms with van der Waals surface area (Å²) >= 11 is 0. The van der Waals surface area contributed by atoms with Crippen molar-refractivity contribution >= 4 is 0 Å². The van der Waals surface area contributed by atoms with Crippen molar-refractivity contribution in [3.05, 3.63) is 12.2 Å². The molecular weight excluding hydrogens is 248 g/mol. The smallest absolute Gasteiger partial charge is 0.114 e. The summed E-state index contributed by atoms with van der Waals surface area (Å²) in [6.07, 6.45) is 4.92. The fourth-order valence-corrected chi connectivity index (χ4v) is 2.07. The monoisotopic (exact) mass is 274 g/mol. The van der Waals surface area contributed by atoms with Crippen LogP contribution in [-0.2, 0) is 9.47 Å². The van der Waals surface area contributed by atoms with E-state index >= 15 is 0 Å². The average molecular weight is 274 g/mol. The summed E-state index contributed by atoms with van der Waals surface area (Å²) in [5, 5.41) is 28.6. The van der Waals surface area contributed by atoms with Crippen LogP contribution < -0.4 is 0 Å². The molecule has 1 saturated heterocycles. The van der Waals surface area contributed by atoms with Crippen LogP contribution in [0.25, 0.3) is 0 Å². The highest BCUT2D eigenvalue weighted by atomic mass is 16.5. The van der Waals surface area contributed by atoms with Gasteiger partial charge >= 0.3 is 0 Å². The van der Waals surface area contributed by atoms with Gasteiger partial charge in [-0.2, -0.15) is 0 Å². The zero-order valence-corrected chi connectivity index (χ0v) is 11.6. The lowest BCUT2D eigenvalue weighted by atomic mass is 10.1. The first-order chi connectivity index (χ1) is 9.16. The van der Waals surface area contributed by atoms with E-state index in [4.69, 9.17) is 9.47 Å². The van der Waals surface area contributed by atoms with Crippen molar-refractivity contribution in [2.45, 2.75) is 57.0 Å². The van der Waals surface area contributed by atoms with Crippen molar-refractivity contribution in [1.29, 1.82) is 0 Å². The highest BCUT2D eigenvalue weighted by Gasteiger charge is 2.39. The summed E-state index contributed by atoms with van der Waals surface area (Å²) in [7, 11) is 0. The second-order valence-electron chi connectivity index (χ2n) is 4.92. The van der Waals surface area contributed by atoms with E-state index in [1.165, 1.54) is 0 Å². The fraction of sp³-hybridized carbons (Fsp3) is 0.857. The summed E-state index contributed by atoms with van der Waals surface area (Å²) in [6, 6.07) is 0. The lowest BCUT2D eigenvalue weighted by Gasteiger charge is -2.20. The summed E-state index contributed by atoms with van der Waals surface area (Å²) in [5.74, 6) is 0. The van der Waals surface area contributed by atoms with Crippen LogP contribution in [0.5, 0.6) is 0 Å². The zero-order chi connectivity index (χ0) is 14.1. The topological polar surface area (TPSA) is 79.2 Å². The third-order valence-corrected chi connectivity index (χ3v) is 3.25. The van der Waals surface area contributed by atoms with Crippen molar-refractivity contribution in [1.82, 2.24) is 0 Å². The van der Waals surface area contributed by atoms with Crippen LogP contribution >= 0.6 is 0 Å². The SMILES string of the molecule is C/C=C/CCCCCOC[C@H](O)[C@@H]1OC[C@@H](O)[C@@H]1O. The van der Waals surface area contributed by atoms with Crippen LogP contribution in [0.2, 0.25) is 0 Å². The van der Waals surface area contributed by atoms with E-state index in [9.17, 15) is 15.3 Å². The number of rotatable bonds is 9. The van der Waals surface area contributed by atoms with Crippen LogP contribution in [0.4, 0.5) is 0 Å². The second kappa shape index (κ2) is 9.44. The Morgan fingerprint density at radius 2 is 2.11 bits per heavy atom. The first-order valence-electron chi connectivity index (χ1n) is 7.01. The van der Waals surface area contributed by atoms with E-state index < -0.39 is 24.4 Å². The molecule has 1 fully saturated rings. The molecule has 0 aromatic carbocycles. The molecule has 0 bridgehead atoms. The number of aliphatic hydroxyl groups is 3. The lowest BCUT2D eigenvalue weighted by Crippen LogP contribution is -2.40. The molecule has 3 N–H and O–H groups in total. The largest absolute Gasteiger partial charge is 0.388 e. The van der Waals surface area contributed by atoms with Gasteiger partial charge in [0.25, 0.3) is 0 Å². The van der Waals surface area contributed by atoms with Crippen LogP contribution in [0.1, 0.15) is 32.6 Å². The van der Waals surface area contributed by atoms with Gasteiger partial charge in [0.05, 0.1) is 13.2 Å². The summed E-state index contributed by atoms with van der Waals surface area (Å²) in [4.78, 5) is 0. The maximum absolute atomic E-state index is 9.78. The third-order valence-electron chi connectivity index (χ3n) is 3.25. The van der Waals surface area contributed by atoms with E-state index in [1.54, 1.807) is 0 Å². The Balaban J connectivity index is 2.00.